The molecular weight excluding hydrogens is 354 g/mol. The van der Waals surface area contributed by atoms with Crippen LogP contribution in [0.15, 0.2) is 48.5 Å². The van der Waals surface area contributed by atoms with Crippen LogP contribution >= 0.6 is 0 Å². The third-order valence-electron chi connectivity index (χ3n) is 5.24. The monoisotopic (exact) mass is 379 g/mol. The Hall–Kier alpha value is -2.95. The zero-order valence-electron chi connectivity index (χ0n) is 16.5. The van der Waals surface area contributed by atoms with Gasteiger partial charge in [0.1, 0.15) is 0 Å². The average molecular weight is 379 g/mol. The molecule has 5 heteroatoms. The predicted molar refractivity (Wildman–Crippen MR) is 107 cm³/mol. The summed E-state index contributed by atoms with van der Waals surface area (Å²) in [5.41, 5.74) is 3.55. The van der Waals surface area contributed by atoms with Crippen molar-refractivity contribution in [2.45, 2.75) is 39.7 Å². The Kier molecular flexibility index (Phi) is 5.93. The molecule has 5 nitrogen and oxygen atoms in total. The Morgan fingerprint density at radius 2 is 1.82 bits per heavy atom. The molecule has 0 bridgehead atoms. The van der Waals surface area contributed by atoms with Crippen LogP contribution in [0.4, 0.5) is 5.69 Å². The van der Waals surface area contributed by atoms with Gasteiger partial charge in [0.15, 0.2) is 6.10 Å². The van der Waals surface area contributed by atoms with Crippen LogP contribution in [0.25, 0.3) is 0 Å². The molecule has 0 unspecified atom stereocenters. The Bertz CT molecular complexity index is 891. The molecule has 0 radical (unpaired) electrons. The number of Topliss-reactive ketones (excluding diaryl/α,β-unsaturated/α-hetero) is 1. The highest BCUT2D eigenvalue weighted by atomic mass is 16.5. The van der Waals surface area contributed by atoms with Crippen LogP contribution in [0, 0.1) is 19.8 Å². The lowest BCUT2D eigenvalue weighted by Gasteiger charge is -2.19. The smallest absolute Gasteiger partial charge is 0.312 e. The van der Waals surface area contributed by atoms with E-state index in [1.54, 1.807) is 36.1 Å². The molecule has 1 amide bonds. The molecule has 2 aromatic rings. The Morgan fingerprint density at radius 3 is 2.46 bits per heavy atom. The van der Waals surface area contributed by atoms with Gasteiger partial charge in [-0.1, -0.05) is 43.3 Å². The topological polar surface area (TPSA) is 63.7 Å². The zero-order chi connectivity index (χ0) is 20.3. The van der Waals surface area contributed by atoms with Crippen molar-refractivity contribution in [3.8, 4) is 0 Å². The number of ether oxygens (including phenoxy) is 1. The summed E-state index contributed by atoms with van der Waals surface area (Å²) in [6, 6.07) is 14.6. The lowest BCUT2D eigenvalue weighted by atomic mass is 10.0. The molecule has 0 N–H and O–H groups in total. The second kappa shape index (κ2) is 8.38. The summed E-state index contributed by atoms with van der Waals surface area (Å²) in [6.45, 7) is 6.09. The predicted octanol–water partition coefficient (Wildman–Crippen LogP) is 3.86. The zero-order valence-corrected chi connectivity index (χ0v) is 16.5. The molecule has 3 rings (SSSR count). The number of benzene rings is 2. The van der Waals surface area contributed by atoms with Crippen molar-refractivity contribution >= 4 is 23.3 Å². The summed E-state index contributed by atoms with van der Waals surface area (Å²) in [5, 5.41) is 0. The van der Waals surface area contributed by atoms with Gasteiger partial charge in [-0.2, -0.15) is 0 Å². The number of hydrogen-bond acceptors (Lipinski definition) is 4. The van der Waals surface area contributed by atoms with E-state index in [0.29, 0.717) is 12.0 Å². The minimum absolute atomic E-state index is 0.0989. The molecule has 2 atom stereocenters. The first-order chi connectivity index (χ1) is 13.4. The molecular formula is C23H25NO4. The van der Waals surface area contributed by atoms with E-state index in [1.807, 2.05) is 38.1 Å². The summed E-state index contributed by atoms with van der Waals surface area (Å²) in [6.07, 6.45) is -0.344. The van der Waals surface area contributed by atoms with E-state index in [1.165, 1.54) is 0 Å². The van der Waals surface area contributed by atoms with Gasteiger partial charge in [0.05, 0.1) is 5.92 Å². The third-order valence-corrected chi connectivity index (χ3v) is 5.24. The van der Waals surface area contributed by atoms with Crippen molar-refractivity contribution in [3.05, 3.63) is 65.2 Å². The van der Waals surface area contributed by atoms with Crippen LogP contribution < -0.4 is 4.90 Å². The van der Waals surface area contributed by atoms with Crippen LogP contribution in [-0.2, 0) is 14.3 Å². The highest BCUT2D eigenvalue weighted by Crippen LogP contribution is 2.28. The largest absolute Gasteiger partial charge is 0.454 e. The maximum Gasteiger partial charge on any atom is 0.312 e. The minimum Gasteiger partial charge on any atom is -0.454 e. The molecule has 0 aliphatic carbocycles. The quantitative estimate of drug-likeness (QED) is 0.565. The van der Waals surface area contributed by atoms with Crippen LogP contribution in [0.5, 0.6) is 0 Å². The van der Waals surface area contributed by atoms with Gasteiger partial charge in [0.2, 0.25) is 11.7 Å². The molecule has 1 aliphatic rings. The summed E-state index contributed by atoms with van der Waals surface area (Å²) < 4.78 is 5.51. The summed E-state index contributed by atoms with van der Waals surface area (Å²) in [7, 11) is 0. The molecule has 2 aromatic carbocycles. The number of esters is 1. The van der Waals surface area contributed by atoms with E-state index < -0.39 is 18.0 Å². The molecule has 0 aromatic heterocycles. The van der Waals surface area contributed by atoms with Crippen LogP contribution in [0.2, 0.25) is 0 Å². The number of aryl methyl sites for hydroxylation is 2. The van der Waals surface area contributed by atoms with E-state index in [9.17, 15) is 14.4 Å². The van der Waals surface area contributed by atoms with E-state index >= 15 is 0 Å². The van der Waals surface area contributed by atoms with Gasteiger partial charge in [0.25, 0.3) is 0 Å². The van der Waals surface area contributed by atoms with E-state index in [4.69, 9.17) is 4.74 Å². The van der Waals surface area contributed by atoms with Crippen molar-refractivity contribution in [1.29, 1.82) is 0 Å². The number of hydrogen-bond donors (Lipinski definition) is 0. The fourth-order valence-corrected chi connectivity index (χ4v) is 3.36. The van der Waals surface area contributed by atoms with Crippen molar-refractivity contribution in [2.75, 3.05) is 11.4 Å². The second-order valence-electron chi connectivity index (χ2n) is 7.24. The molecule has 28 heavy (non-hydrogen) atoms. The summed E-state index contributed by atoms with van der Waals surface area (Å²) in [4.78, 5) is 39.3. The maximum atomic E-state index is 12.6. The van der Waals surface area contributed by atoms with E-state index in [-0.39, 0.29) is 24.7 Å². The van der Waals surface area contributed by atoms with E-state index in [0.717, 1.165) is 16.8 Å². The highest BCUT2D eigenvalue weighted by Gasteiger charge is 2.37. The van der Waals surface area contributed by atoms with Gasteiger partial charge in [-0.15, -0.1) is 0 Å². The molecule has 146 valence electrons. The van der Waals surface area contributed by atoms with Crippen LogP contribution in [-0.4, -0.2) is 30.3 Å². The van der Waals surface area contributed by atoms with Crippen molar-refractivity contribution in [3.63, 3.8) is 0 Å². The van der Waals surface area contributed by atoms with Gasteiger partial charge in [0, 0.05) is 24.2 Å². The average Bonchev–Trinajstić information content (AvgIpc) is 3.10. The van der Waals surface area contributed by atoms with Crippen LogP contribution in [0.3, 0.4) is 0 Å². The molecule has 1 aliphatic heterocycles. The number of ketones is 1. The Labute approximate surface area is 165 Å². The van der Waals surface area contributed by atoms with Crippen molar-refractivity contribution in [1.82, 2.24) is 0 Å². The molecule has 1 heterocycles. The number of rotatable bonds is 6. The SMILES string of the molecule is CC[C@H](OC(=O)[C@@H]1CC(=O)N(c2ccc(C)c(C)c2)C1)C(=O)c1ccccc1. The number of carbonyl (C=O) groups excluding carboxylic acids is 3. The number of nitrogens with zero attached hydrogens (tertiary/aromatic N) is 1. The van der Waals surface area contributed by atoms with Gasteiger partial charge in [-0.25, -0.2) is 0 Å². The van der Waals surface area contributed by atoms with Crippen molar-refractivity contribution in [2.24, 2.45) is 5.92 Å². The van der Waals surface area contributed by atoms with Crippen LogP contribution in [0.1, 0.15) is 41.3 Å². The standard InChI is InChI=1S/C23H25NO4/c1-4-20(22(26)17-8-6-5-7-9-17)28-23(27)18-13-21(25)24(14-18)19-11-10-15(2)16(3)12-19/h5-12,18,20H,4,13-14H2,1-3H3/t18-,20+/m1/s1. The Morgan fingerprint density at radius 1 is 1.11 bits per heavy atom. The first-order valence-corrected chi connectivity index (χ1v) is 9.58. The number of carbonyl (C=O) groups is 3. The van der Waals surface area contributed by atoms with Crippen molar-refractivity contribution < 1.29 is 19.1 Å². The molecule has 1 saturated heterocycles. The fourth-order valence-electron chi connectivity index (χ4n) is 3.36. The number of amides is 1. The molecule has 0 spiro atoms. The minimum atomic E-state index is -0.833. The second-order valence-corrected chi connectivity index (χ2v) is 7.24. The normalized spacial score (nSPS) is 17.5. The van der Waals surface area contributed by atoms with Gasteiger partial charge >= 0.3 is 5.97 Å². The third kappa shape index (κ3) is 4.14. The summed E-state index contributed by atoms with van der Waals surface area (Å²) in [5.74, 6) is -1.37. The number of anilines is 1. The maximum absolute atomic E-state index is 12.6. The lowest BCUT2D eigenvalue weighted by molar-refractivity contribution is -0.151. The molecule has 1 fully saturated rings. The molecule has 0 saturated carbocycles. The van der Waals surface area contributed by atoms with Gasteiger partial charge in [-0.05, 0) is 43.5 Å². The summed E-state index contributed by atoms with van der Waals surface area (Å²) >= 11 is 0. The first kappa shape index (κ1) is 19.8. The lowest BCUT2D eigenvalue weighted by Crippen LogP contribution is -2.31. The fraction of sp³-hybridized carbons (Fsp3) is 0.348. The first-order valence-electron chi connectivity index (χ1n) is 9.58. The van der Waals surface area contributed by atoms with Gasteiger partial charge in [-0.3, -0.25) is 14.4 Å². The van der Waals surface area contributed by atoms with Gasteiger partial charge < -0.3 is 9.64 Å². The highest BCUT2D eigenvalue weighted by molar-refractivity contribution is 6.02. The Balaban J connectivity index is 1.68. The van der Waals surface area contributed by atoms with E-state index in [2.05, 4.69) is 0 Å².